The van der Waals surface area contributed by atoms with Crippen molar-refractivity contribution in [2.45, 2.75) is 53.5 Å². The van der Waals surface area contributed by atoms with Crippen molar-refractivity contribution in [1.29, 1.82) is 0 Å². The average Bonchev–Trinajstić information content (AvgIpc) is 2.13. The second-order valence-electron chi connectivity index (χ2n) is 4.84. The molecule has 0 aliphatic heterocycles. The maximum absolute atomic E-state index is 8.72. The second-order valence-corrected chi connectivity index (χ2v) is 5.53. The Bertz CT molecular complexity index is 366. The van der Waals surface area contributed by atoms with Crippen molar-refractivity contribution in [1.82, 2.24) is 5.32 Å². The predicted octanol–water partition coefficient (Wildman–Crippen LogP) is 3.35. The van der Waals surface area contributed by atoms with Crippen LogP contribution in [0.4, 0.5) is 0 Å². The van der Waals surface area contributed by atoms with Crippen molar-refractivity contribution in [3.63, 3.8) is 0 Å². The lowest BCUT2D eigenvalue weighted by Crippen LogP contribution is -2.35. The Morgan fingerprint density at radius 3 is 2.33 bits per heavy atom. The molecule has 0 fully saturated rings. The van der Waals surface area contributed by atoms with E-state index in [-0.39, 0.29) is 5.54 Å². The van der Waals surface area contributed by atoms with Crippen LogP contribution in [-0.2, 0) is 4.52 Å². The third-order valence-electron chi connectivity index (χ3n) is 2.26. The first-order valence-corrected chi connectivity index (χ1v) is 7.09. The van der Waals surface area contributed by atoms with Gasteiger partial charge in [0.25, 0.3) is 0 Å². The molecule has 3 N–H and O–H groups in total. The molecule has 5 heteroatoms. The molecule has 18 heavy (non-hydrogen) atoms. The lowest BCUT2D eigenvalue weighted by Gasteiger charge is -2.24. The van der Waals surface area contributed by atoms with Gasteiger partial charge in [-0.25, -0.2) is 0 Å². The Morgan fingerprint density at radius 2 is 1.89 bits per heavy atom. The predicted molar refractivity (Wildman–Crippen MR) is 75.6 cm³/mol. The van der Waals surface area contributed by atoms with Gasteiger partial charge in [-0.3, -0.25) is 0 Å². The highest BCUT2D eigenvalue weighted by molar-refractivity contribution is 7.39. The van der Waals surface area contributed by atoms with Crippen LogP contribution in [0.2, 0.25) is 0 Å². The zero-order valence-corrected chi connectivity index (χ0v) is 12.9. The summed E-state index contributed by atoms with van der Waals surface area (Å²) in [4.78, 5) is 17.4. The van der Waals surface area contributed by atoms with Gasteiger partial charge in [0.1, 0.15) is 5.76 Å². The fourth-order valence-corrected chi connectivity index (χ4v) is 1.97. The highest BCUT2D eigenvalue weighted by Crippen LogP contribution is 2.27. The summed E-state index contributed by atoms with van der Waals surface area (Å²) in [5.41, 5.74) is 4.84. The van der Waals surface area contributed by atoms with Crippen LogP contribution in [0.3, 0.4) is 0 Å². The van der Waals surface area contributed by atoms with Crippen LogP contribution in [0, 0.1) is 0 Å². The van der Waals surface area contributed by atoms with Crippen molar-refractivity contribution in [3.8, 4) is 0 Å². The van der Waals surface area contributed by atoms with Crippen molar-refractivity contribution < 1.29 is 14.3 Å². The highest BCUT2D eigenvalue weighted by Gasteiger charge is 2.13. The van der Waals surface area contributed by atoms with E-state index in [4.69, 9.17) is 14.3 Å². The van der Waals surface area contributed by atoms with Crippen molar-refractivity contribution >= 4 is 8.60 Å². The molecule has 0 rings (SSSR count). The summed E-state index contributed by atoms with van der Waals surface area (Å²) < 4.78 is 4.74. The van der Waals surface area contributed by atoms with E-state index in [9.17, 15) is 0 Å². The molecule has 0 bridgehead atoms. The standard InChI is InChI=1S/C13H24NO3P/c1-7-10(2)9-13(5,6)14-11(3)8-12(4)17-18(15)16/h9,14-16H,7H2,1-6H3/b10-9+. The zero-order chi connectivity index (χ0) is 14.3. The molecule has 0 aromatic rings. The van der Waals surface area contributed by atoms with E-state index in [0.717, 1.165) is 12.1 Å². The van der Waals surface area contributed by atoms with Crippen LogP contribution in [0.15, 0.2) is 28.8 Å². The summed E-state index contributed by atoms with van der Waals surface area (Å²) in [6, 6.07) is 0. The third kappa shape index (κ3) is 8.32. The van der Waals surface area contributed by atoms with Crippen LogP contribution in [-0.4, -0.2) is 15.3 Å². The number of nitrogens with one attached hydrogen (secondary N) is 1. The van der Waals surface area contributed by atoms with Crippen LogP contribution in [0.5, 0.6) is 0 Å². The number of hydrogen-bond donors (Lipinski definition) is 3. The molecule has 0 saturated carbocycles. The van der Waals surface area contributed by atoms with Gasteiger partial charge in [0.2, 0.25) is 0 Å². The molecule has 4 nitrogen and oxygen atoms in total. The molecule has 0 spiro atoms. The Labute approximate surface area is 111 Å². The van der Waals surface area contributed by atoms with Crippen molar-refractivity contribution in [2.24, 2.45) is 0 Å². The number of hydrogen-bond acceptors (Lipinski definition) is 4. The van der Waals surface area contributed by atoms with Gasteiger partial charge in [-0.05, 0) is 34.1 Å². The largest absolute Gasteiger partial charge is 0.423 e. The fraction of sp³-hybridized carbons (Fsp3) is 0.615. The summed E-state index contributed by atoms with van der Waals surface area (Å²) >= 11 is 0. The first kappa shape index (κ1) is 17.2. The molecule has 0 heterocycles. The lowest BCUT2D eigenvalue weighted by atomic mass is 10.0. The van der Waals surface area contributed by atoms with E-state index in [2.05, 4.69) is 44.8 Å². The van der Waals surface area contributed by atoms with Crippen LogP contribution in [0.25, 0.3) is 0 Å². The van der Waals surface area contributed by atoms with Gasteiger partial charge in [-0.2, -0.15) is 0 Å². The first-order chi connectivity index (χ1) is 8.16. The monoisotopic (exact) mass is 273 g/mol. The number of allylic oxidation sites excluding steroid dienone is 2. The molecule has 0 radical (unpaired) electrons. The molecular weight excluding hydrogens is 249 g/mol. The topological polar surface area (TPSA) is 61.7 Å². The highest BCUT2D eigenvalue weighted by atomic mass is 31.2. The minimum atomic E-state index is -2.37. The lowest BCUT2D eigenvalue weighted by molar-refractivity contribution is 0.320. The SMILES string of the molecule is CC/C(C)=C/C(C)(C)NC(C)=C=C(C)OP(O)O. The molecule has 0 amide bonds. The van der Waals surface area contributed by atoms with Gasteiger partial charge in [0.05, 0.1) is 11.2 Å². The molecular formula is C13H24NO3P. The smallest absolute Gasteiger partial charge is 0.391 e. The first-order valence-electron chi connectivity index (χ1n) is 5.92. The average molecular weight is 273 g/mol. The Morgan fingerprint density at radius 1 is 1.33 bits per heavy atom. The zero-order valence-electron chi connectivity index (χ0n) is 12.0. The maximum Gasteiger partial charge on any atom is 0.391 e. The molecule has 0 aromatic carbocycles. The molecule has 0 aromatic heterocycles. The summed E-state index contributed by atoms with van der Waals surface area (Å²) in [5, 5.41) is 3.30. The van der Waals surface area contributed by atoms with Crippen molar-refractivity contribution in [3.05, 3.63) is 28.8 Å². The van der Waals surface area contributed by atoms with Crippen LogP contribution >= 0.6 is 8.60 Å². The summed E-state index contributed by atoms with van der Waals surface area (Å²) in [7, 11) is -2.37. The van der Waals surface area contributed by atoms with Gasteiger partial charge in [-0.15, -0.1) is 0 Å². The van der Waals surface area contributed by atoms with E-state index in [1.165, 1.54) is 5.57 Å². The molecule has 0 atom stereocenters. The van der Waals surface area contributed by atoms with E-state index >= 15 is 0 Å². The normalized spacial score (nSPS) is 12.2. The van der Waals surface area contributed by atoms with E-state index in [1.807, 2.05) is 6.92 Å². The molecule has 0 aliphatic rings. The Balaban J connectivity index is 4.84. The molecule has 0 aliphatic carbocycles. The maximum atomic E-state index is 8.72. The number of rotatable bonds is 6. The second kappa shape index (κ2) is 7.60. The third-order valence-corrected chi connectivity index (χ3v) is 2.69. The van der Waals surface area contributed by atoms with E-state index in [0.29, 0.717) is 5.76 Å². The van der Waals surface area contributed by atoms with Gasteiger partial charge < -0.3 is 19.6 Å². The molecule has 0 saturated heterocycles. The van der Waals surface area contributed by atoms with Crippen molar-refractivity contribution in [2.75, 3.05) is 0 Å². The van der Waals surface area contributed by atoms with Gasteiger partial charge in [0, 0.05) is 6.92 Å². The summed E-state index contributed by atoms with van der Waals surface area (Å²) in [6.07, 6.45) is 3.19. The molecule has 0 unspecified atom stereocenters. The Hall–Kier alpha value is -0.790. The van der Waals surface area contributed by atoms with Gasteiger partial charge in [-0.1, -0.05) is 24.3 Å². The van der Waals surface area contributed by atoms with Crippen LogP contribution in [0.1, 0.15) is 48.0 Å². The summed E-state index contributed by atoms with van der Waals surface area (Å²) in [6.45, 7) is 11.8. The minimum Gasteiger partial charge on any atom is -0.423 e. The van der Waals surface area contributed by atoms with E-state index < -0.39 is 8.60 Å². The van der Waals surface area contributed by atoms with Crippen LogP contribution < -0.4 is 5.32 Å². The van der Waals surface area contributed by atoms with Gasteiger partial charge in [0.15, 0.2) is 0 Å². The van der Waals surface area contributed by atoms with Gasteiger partial charge >= 0.3 is 8.60 Å². The Kier molecular flexibility index (Phi) is 7.27. The quantitative estimate of drug-likeness (QED) is 0.300. The fourth-order valence-electron chi connectivity index (χ4n) is 1.68. The summed E-state index contributed by atoms with van der Waals surface area (Å²) in [5.74, 6) is 0.350. The molecule has 104 valence electrons. The minimum absolute atomic E-state index is 0.180. The van der Waals surface area contributed by atoms with E-state index in [1.54, 1.807) is 6.92 Å².